The first-order chi connectivity index (χ1) is 20.5. The lowest BCUT2D eigenvalue weighted by molar-refractivity contribution is -0.126. The van der Waals surface area contributed by atoms with Gasteiger partial charge >= 0.3 is 5.69 Å². The molecule has 0 unspecified atom stereocenters. The van der Waals surface area contributed by atoms with Crippen LogP contribution >= 0.6 is 11.6 Å². The highest BCUT2D eigenvalue weighted by molar-refractivity contribution is 6.36. The Labute approximate surface area is 251 Å². The third-order valence-electron chi connectivity index (χ3n) is 8.11. The fourth-order valence-electron chi connectivity index (χ4n) is 6.12. The molecular weight excluding hydrogens is 575 g/mol. The van der Waals surface area contributed by atoms with Crippen LogP contribution in [-0.4, -0.2) is 62.2 Å². The zero-order valence-electron chi connectivity index (χ0n) is 24.2. The van der Waals surface area contributed by atoms with Gasteiger partial charge in [-0.05, 0) is 36.6 Å². The number of rotatable bonds is 4. The molecule has 0 spiro atoms. The van der Waals surface area contributed by atoms with Crippen LogP contribution in [0, 0.1) is 12.7 Å². The number of amides is 1. The summed E-state index contributed by atoms with van der Waals surface area (Å²) < 4.78 is 24.4. The Balaban J connectivity index is 1.73. The van der Waals surface area contributed by atoms with Gasteiger partial charge in [0, 0.05) is 44.0 Å². The highest BCUT2D eigenvalue weighted by Gasteiger charge is 2.37. The summed E-state index contributed by atoms with van der Waals surface area (Å²) in [5.74, 6) is -0.368. The van der Waals surface area contributed by atoms with Gasteiger partial charge in [0.2, 0.25) is 5.91 Å². The Kier molecular flexibility index (Phi) is 7.08. The molecule has 0 saturated carbocycles. The highest BCUT2D eigenvalue weighted by atomic mass is 35.5. The van der Waals surface area contributed by atoms with Crippen molar-refractivity contribution in [1.82, 2.24) is 24.0 Å². The highest BCUT2D eigenvalue weighted by Crippen LogP contribution is 2.45. The lowest BCUT2D eigenvalue weighted by atomic mass is 10.0. The van der Waals surface area contributed by atoms with Gasteiger partial charge in [0.25, 0.3) is 5.56 Å². The van der Waals surface area contributed by atoms with E-state index in [-0.39, 0.29) is 57.7 Å². The second-order valence-electron chi connectivity index (χ2n) is 11.1. The van der Waals surface area contributed by atoms with Crippen molar-refractivity contribution in [3.8, 4) is 22.7 Å². The summed E-state index contributed by atoms with van der Waals surface area (Å²) in [4.78, 5) is 52.4. The average molecular weight is 605 g/mol. The van der Waals surface area contributed by atoms with Gasteiger partial charge in [0.05, 0.1) is 17.4 Å². The first-order valence-electron chi connectivity index (χ1n) is 14.0. The molecule has 222 valence electrons. The molecule has 0 radical (unpaired) electrons. The number of nitrogens with zero attached hydrogens (tertiary/aromatic N) is 6. The van der Waals surface area contributed by atoms with Crippen molar-refractivity contribution < 1.29 is 13.9 Å². The third-order valence-corrected chi connectivity index (χ3v) is 8.46. The van der Waals surface area contributed by atoms with Crippen LogP contribution < -0.4 is 20.9 Å². The number of benzene rings is 1. The van der Waals surface area contributed by atoms with E-state index in [1.165, 1.54) is 27.3 Å². The molecule has 2 aliphatic heterocycles. The third kappa shape index (κ3) is 4.50. The van der Waals surface area contributed by atoms with Gasteiger partial charge in [0.15, 0.2) is 11.4 Å². The van der Waals surface area contributed by atoms with E-state index in [2.05, 4.69) is 11.6 Å². The van der Waals surface area contributed by atoms with Crippen molar-refractivity contribution >= 4 is 34.4 Å². The van der Waals surface area contributed by atoms with Crippen LogP contribution in [0.4, 0.5) is 10.2 Å². The molecule has 5 heterocycles. The van der Waals surface area contributed by atoms with Crippen molar-refractivity contribution in [3.05, 3.63) is 85.9 Å². The smallest absolute Gasteiger partial charge is 0.355 e. The van der Waals surface area contributed by atoms with E-state index in [4.69, 9.17) is 21.3 Å². The van der Waals surface area contributed by atoms with Crippen LogP contribution in [0.25, 0.3) is 28.0 Å². The minimum Gasteiger partial charge on any atom is -0.489 e. The van der Waals surface area contributed by atoms with Gasteiger partial charge in [-0.1, -0.05) is 44.2 Å². The zero-order valence-corrected chi connectivity index (χ0v) is 25.0. The quantitative estimate of drug-likeness (QED) is 0.325. The number of aromatic nitrogens is 4. The second kappa shape index (κ2) is 10.6. The van der Waals surface area contributed by atoms with E-state index >= 15 is 4.39 Å². The van der Waals surface area contributed by atoms with E-state index in [1.54, 1.807) is 37.1 Å². The van der Waals surface area contributed by atoms with Gasteiger partial charge in [-0.25, -0.2) is 18.7 Å². The molecule has 0 aliphatic carbocycles. The largest absolute Gasteiger partial charge is 0.489 e. The number of fused-ring (bicyclic) bond motifs is 2. The van der Waals surface area contributed by atoms with Crippen molar-refractivity contribution in [3.63, 3.8) is 0 Å². The molecule has 4 aromatic rings. The number of hydrogen-bond donors (Lipinski definition) is 0. The topological polar surface area (TPSA) is 103 Å². The molecule has 1 atom stereocenters. The Bertz CT molecular complexity index is 1950. The number of ether oxygens (including phenoxy) is 1. The van der Waals surface area contributed by atoms with Gasteiger partial charge in [-0.3, -0.25) is 9.59 Å². The van der Waals surface area contributed by atoms with Crippen molar-refractivity contribution in [1.29, 1.82) is 0 Å². The monoisotopic (exact) mass is 604 g/mol. The van der Waals surface area contributed by atoms with Gasteiger partial charge in [-0.15, -0.1) is 0 Å². The fraction of sp³-hybridized carbons (Fsp3) is 0.323. The van der Waals surface area contributed by atoms with E-state index in [0.717, 1.165) is 0 Å². The van der Waals surface area contributed by atoms with Crippen LogP contribution in [0.2, 0.25) is 5.02 Å². The lowest BCUT2D eigenvalue weighted by Gasteiger charge is -2.40. The number of piperazine rings is 1. The van der Waals surface area contributed by atoms with Gasteiger partial charge in [-0.2, -0.15) is 4.98 Å². The number of pyridine rings is 2. The van der Waals surface area contributed by atoms with Crippen LogP contribution in [-0.2, 0) is 11.8 Å². The molecule has 43 heavy (non-hydrogen) atoms. The number of carbonyl (C=O) groups is 1. The van der Waals surface area contributed by atoms with Crippen LogP contribution in [0.3, 0.4) is 0 Å². The summed E-state index contributed by atoms with van der Waals surface area (Å²) in [5, 5.41) is 0.463. The average Bonchev–Trinajstić information content (AvgIpc) is 3.14. The molecule has 10 nitrogen and oxygen atoms in total. The number of hydrogen-bond acceptors (Lipinski definition) is 7. The molecule has 0 N–H and O–H groups in total. The minimum absolute atomic E-state index is 0.0750. The van der Waals surface area contributed by atoms with E-state index in [1.807, 2.05) is 18.7 Å². The van der Waals surface area contributed by atoms with Crippen molar-refractivity contribution in [2.75, 3.05) is 31.1 Å². The molecule has 0 bridgehead atoms. The normalized spacial score (nSPS) is 16.2. The lowest BCUT2D eigenvalue weighted by Crippen LogP contribution is -2.56. The van der Waals surface area contributed by atoms with Crippen LogP contribution in [0.1, 0.15) is 31.0 Å². The summed E-state index contributed by atoms with van der Waals surface area (Å²) in [6.45, 7) is 10.4. The molecule has 1 fully saturated rings. The summed E-state index contributed by atoms with van der Waals surface area (Å²) in [5.41, 5.74) is 1.19. The first kappa shape index (κ1) is 28.6. The van der Waals surface area contributed by atoms with Crippen LogP contribution in [0.5, 0.6) is 5.75 Å². The van der Waals surface area contributed by atoms with E-state index in [9.17, 15) is 14.4 Å². The second-order valence-corrected chi connectivity index (χ2v) is 11.5. The standard InChI is InChI=1S/C31H30ClFN6O4/c1-6-21(40)37-11-12-38-18(14-37)15-43-28-23-29(38)35-31(42)39(27-17(4)13-22(41)36(5)26(27)16(2)3)30(23)34-25(24(28)32)19-9-7-8-10-20(19)33/h6-10,13,16,18H,1,11-12,14-15H2,2-5H3/t18-/m1/s1. The maximum absolute atomic E-state index is 15.2. The van der Waals surface area contributed by atoms with Gasteiger partial charge < -0.3 is 19.1 Å². The summed E-state index contributed by atoms with van der Waals surface area (Å²) >= 11 is 6.96. The van der Waals surface area contributed by atoms with Crippen LogP contribution in [0.15, 0.2) is 52.6 Å². The Morgan fingerprint density at radius 2 is 1.95 bits per heavy atom. The molecule has 2 aliphatic rings. The molecule has 1 saturated heterocycles. The Hall–Kier alpha value is -4.51. The number of anilines is 1. The zero-order chi connectivity index (χ0) is 30.7. The maximum Gasteiger partial charge on any atom is 0.355 e. The fourth-order valence-corrected chi connectivity index (χ4v) is 6.42. The maximum atomic E-state index is 15.2. The minimum atomic E-state index is -0.628. The Morgan fingerprint density at radius 1 is 1.21 bits per heavy atom. The molecule has 1 aromatic carbocycles. The predicted molar refractivity (Wildman–Crippen MR) is 163 cm³/mol. The van der Waals surface area contributed by atoms with E-state index < -0.39 is 11.5 Å². The number of carbonyl (C=O) groups excluding carboxylic acids is 1. The molecule has 1 amide bonds. The van der Waals surface area contributed by atoms with Crippen molar-refractivity contribution in [2.24, 2.45) is 7.05 Å². The summed E-state index contributed by atoms with van der Waals surface area (Å²) in [6.07, 6.45) is 1.27. The Morgan fingerprint density at radius 3 is 2.65 bits per heavy atom. The van der Waals surface area contributed by atoms with Gasteiger partial charge in [0.1, 0.15) is 28.7 Å². The van der Waals surface area contributed by atoms with E-state index in [0.29, 0.717) is 47.8 Å². The predicted octanol–water partition coefficient (Wildman–Crippen LogP) is 3.97. The summed E-state index contributed by atoms with van der Waals surface area (Å²) in [6, 6.07) is 7.21. The molecular formula is C31H30ClFN6O4. The first-order valence-corrected chi connectivity index (χ1v) is 14.3. The number of aryl methyl sites for hydroxylation is 1. The SMILES string of the molecule is C=CC(=O)N1CCN2c3nc(=O)n(-c4c(C)cc(=O)n(C)c4C(C)C)c4nc(-c5ccccc5F)c(Cl)c(c34)OC[C@H]2C1. The molecule has 3 aromatic heterocycles. The van der Waals surface area contributed by atoms with Crippen molar-refractivity contribution in [2.45, 2.75) is 32.7 Å². The summed E-state index contributed by atoms with van der Waals surface area (Å²) in [7, 11) is 1.65. The number of halogens is 2. The molecule has 6 rings (SSSR count). The molecule has 12 heteroatoms.